The zero-order valence-corrected chi connectivity index (χ0v) is 22.3. The fourth-order valence-electron chi connectivity index (χ4n) is 5.75. The molecule has 200 valence electrons. The van der Waals surface area contributed by atoms with E-state index in [0.29, 0.717) is 12.8 Å². The highest BCUT2D eigenvalue weighted by Crippen LogP contribution is 2.64. The van der Waals surface area contributed by atoms with E-state index in [2.05, 4.69) is 10.0 Å². The molecule has 0 radical (unpaired) electrons. The molecule has 2 bridgehead atoms. The Bertz CT molecular complexity index is 1330. The van der Waals surface area contributed by atoms with E-state index in [1.165, 1.54) is 30.3 Å². The summed E-state index contributed by atoms with van der Waals surface area (Å²) < 4.78 is 54.4. The molecule has 2 atom stereocenters. The number of hydrogen-bond acceptors (Lipinski definition) is 6. The Labute approximate surface area is 217 Å². The molecule has 0 saturated heterocycles. The second kappa shape index (κ2) is 9.96. The van der Waals surface area contributed by atoms with Crippen molar-refractivity contribution in [3.8, 4) is 11.5 Å². The molecule has 0 aromatic heterocycles. The summed E-state index contributed by atoms with van der Waals surface area (Å²) in [6.07, 6.45) is 1.81. The molecular weight excluding hydrogens is 499 g/mol. The number of fused-ring (bicyclic) bond motifs is 2. The molecule has 10 heteroatoms. The second-order valence-corrected chi connectivity index (χ2v) is 11.9. The zero-order chi connectivity index (χ0) is 27.0. The largest absolute Gasteiger partial charge is 0.492 e. The third-order valence-electron chi connectivity index (χ3n) is 7.86. The van der Waals surface area contributed by atoms with E-state index < -0.39 is 32.6 Å². The summed E-state index contributed by atoms with van der Waals surface area (Å²) in [7, 11) is -3.96. The first-order valence-electron chi connectivity index (χ1n) is 12.5. The number of hydrogen-bond donors (Lipinski definition) is 2. The lowest BCUT2D eigenvalue weighted by atomic mass is 9.70. The summed E-state index contributed by atoms with van der Waals surface area (Å²) >= 11 is 0. The van der Waals surface area contributed by atoms with Gasteiger partial charge in [-0.25, -0.2) is 12.8 Å². The van der Waals surface area contributed by atoms with Crippen LogP contribution in [-0.2, 0) is 14.8 Å². The maximum absolute atomic E-state index is 13.6. The van der Waals surface area contributed by atoms with Gasteiger partial charge in [0.25, 0.3) is 5.91 Å². The average Bonchev–Trinajstić information content (AvgIpc) is 3.15. The standard InChI is InChI=1S/C27H33FN2O6S/c1-5-35-22-15-21(30-37(33,34)16-27-11-10-18(13-24(27)31)26(27,3)4)23(36-6-2)14-20(22)29-25(32)17-8-7-9-19(28)12-17/h7-9,12,14-15,18,30H,5-6,10-11,13,16H2,1-4H3,(H,29,32). The molecule has 2 aliphatic rings. The zero-order valence-electron chi connectivity index (χ0n) is 21.5. The normalized spacial score (nSPS) is 22.1. The predicted octanol–water partition coefficient (Wildman–Crippen LogP) is 5.01. The predicted molar refractivity (Wildman–Crippen MR) is 139 cm³/mol. The number of carbonyl (C=O) groups is 2. The maximum Gasteiger partial charge on any atom is 0.255 e. The number of halogens is 1. The van der Waals surface area contributed by atoms with E-state index in [1.807, 2.05) is 13.8 Å². The lowest BCUT2D eigenvalue weighted by Crippen LogP contribution is -2.43. The monoisotopic (exact) mass is 532 g/mol. The van der Waals surface area contributed by atoms with Gasteiger partial charge in [-0.3, -0.25) is 14.3 Å². The van der Waals surface area contributed by atoms with Gasteiger partial charge in [0, 0.05) is 24.1 Å². The summed E-state index contributed by atoms with van der Waals surface area (Å²) in [4.78, 5) is 25.6. The van der Waals surface area contributed by atoms with Gasteiger partial charge in [-0.15, -0.1) is 0 Å². The summed E-state index contributed by atoms with van der Waals surface area (Å²) in [6.45, 7) is 7.95. The van der Waals surface area contributed by atoms with Crippen molar-refractivity contribution in [3.63, 3.8) is 0 Å². The fraction of sp³-hybridized carbons (Fsp3) is 0.481. The Balaban J connectivity index is 1.65. The Morgan fingerprint density at radius 2 is 1.73 bits per heavy atom. The lowest BCUT2D eigenvalue weighted by molar-refractivity contribution is -0.128. The molecule has 0 spiro atoms. The number of sulfonamides is 1. The Morgan fingerprint density at radius 1 is 1.08 bits per heavy atom. The molecule has 0 aliphatic heterocycles. The van der Waals surface area contributed by atoms with E-state index in [0.717, 1.165) is 12.5 Å². The van der Waals surface area contributed by atoms with Crippen molar-refractivity contribution < 1.29 is 31.9 Å². The van der Waals surface area contributed by atoms with Crippen molar-refractivity contribution in [1.29, 1.82) is 0 Å². The highest BCUT2D eigenvalue weighted by Gasteiger charge is 2.65. The first kappa shape index (κ1) is 26.9. The molecule has 4 rings (SSSR count). The Morgan fingerprint density at radius 3 is 2.30 bits per heavy atom. The van der Waals surface area contributed by atoms with Gasteiger partial charge in [0.1, 0.15) is 23.1 Å². The van der Waals surface area contributed by atoms with Gasteiger partial charge in [0.2, 0.25) is 10.0 Å². The highest BCUT2D eigenvalue weighted by molar-refractivity contribution is 7.92. The Kier molecular flexibility index (Phi) is 7.25. The van der Waals surface area contributed by atoms with Crippen molar-refractivity contribution in [3.05, 3.63) is 47.8 Å². The first-order chi connectivity index (χ1) is 17.4. The fourth-order valence-corrected chi connectivity index (χ4v) is 7.64. The van der Waals surface area contributed by atoms with Crippen molar-refractivity contribution in [2.24, 2.45) is 16.7 Å². The number of ether oxygens (including phenoxy) is 2. The van der Waals surface area contributed by atoms with Crippen molar-refractivity contribution in [2.75, 3.05) is 29.0 Å². The maximum atomic E-state index is 13.6. The number of benzene rings is 2. The van der Waals surface area contributed by atoms with Gasteiger partial charge < -0.3 is 14.8 Å². The van der Waals surface area contributed by atoms with Crippen LogP contribution in [0.2, 0.25) is 0 Å². The first-order valence-corrected chi connectivity index (χ1v) is 14.1. The average molecular weight is 533 g/mol. The lowest BCUT2D eigenvalue weighted by Gasteiger charge is -2.36. The van der Waals surface area contributed by atoms with E-state index in [1.54, 1.807) is 13.8 Å². The van der Waals surface area contributed by atoms with Crippen LogP contribution in [0, 0.1) is 22.6 Å². The van der Waals surface area contributed by atoms with Crippen LogP contribution in [0.25, 0.3) is 0 Å². The molecule has 2 aromatic rings. The third-order valence-corrected chi connectivity index (χ3v) is 9.26. The number of anilines is 2. The summed E-state index contributed by atoms with van der Waals surface area (Å²) in [5, 5.41) is 2.69. The summed E-state index contributed by atoms with van der Waals surface area (Å²) in [5.41, 5.74) is -0.821. The van der Waals surface area contributed by atoms with Crippen LogP contribution in [0.5, 0.6) is 11.5 Å². The van der Waals surface area contributed by atoms with Gasteiger partial charge in [-0.05, 0) is 56.2 Å². The molecule has 8 nitrogen and oxygen atoms in total. The number of amides is 1. The quantitative estimate of drug-likeness (QED) is 0.445. The van der Waals surface area contributed by atoms with Crippen LogP contribution in [0.4, 0.5) is 15.8 Å². The minimum absolute atomic E-state index is 0.00886. The van der Waals surface area contributed by atoms with E-state index in [4.69, 9.17) is 9.47 Å². The summed E-state index contributed by atoms with van der Waals surface area (Å²) in [6, 6.07) is 8.17. The van der Waals surface area contributed by atoms with Crippen molar-refractivity contribution >= 4 is 33.1 Å². The van der Waals surface area contributed by atoms with Gasteiger partial charge >= 0.3 is 0 Å². The molecule has 1 amide bonds. The van der Waals surface area contributed by atoms with Gasteiger partial charge in [0.05, 0.1) is 35.8 Å². The van der Waals surface area contributed by atoms with E-state index >= 15 is 0 Å². The minimum atomic E-state index is -3.96. The van der Waals surface area contributed by atoms with Gasteiger partial charge in [-0.1, -0.05) is 19.9 Å². The molecule has 0 heterocycles. The molecule has 2 unspecified atom stereocenters. The van der Waals surface area contributed by atoms with Crippen LogP contribution in [0.3, 0.4) is 0 Å². The second-order valence-electron chi connectivity index (χ2n) is 10.2. The summed E-state index contributed by atoms with van der Waals surface area (Å²) in [5.74, 6) is -0.819. The SMILES string of the molecule is CCOc1cc(NS(=O)(=O)CC23CCC(CC2=O)C3(C)C)c(OCC)cc1NC(=O)c1cccc(F)c1. The third kappa shape index (κ3) is 5.03. The minimum Gasteiger partial charge on any atom is -0.492 e. The number of ketones is 1. The smallest absolute Gasteiger partial charge is 0.255 e. The molecule has 2 aromatic carbocycles. The number of carbonyl (C=O) groups excluding carboxylic acids is 2. The van der Waals surface area contributed by atoms with Crippen LogP contribution in [0.15, 0.2) is 36.4 Å². The molecule has 37 heavy (non-hydrogen) atoms. The topological polar surface area (TPSA) is 111 Å². The van der Waals surface area contributed by atoms with Crippen LogP contribution in [0.1, 0.15) is 57.3 Å². The van der Waals surface area contributed by atoms with Crippen molar-refractivity contribution in [1.82, 2.24) is 0 Å². The Hall–Kier alpha value is -3.14. The van der Waals surface area contributed by atoms with Gasteiger partial charge in [0.15, 0.2) is 0 Å². The number of nitrogens with one attached hydrogen (secondary N) is 2. The van der Waals surface area contributed by atoms with Crippen molar-refractivity contribution in [2.45, 2.75) is 47.0 Å². The molecule has 2 fully saturated rings. The van der Waals surface area contributed by atoms with Crippen LogP contribution < -0.4 is 19.5 Å². The molecular formula is C27H33FN2O6S. The molecule has 2 saturated carbocycles. The van der Waals surface area contributed by atoms with Gasteiger partial charge in [-0.2, -0.15) is 0 Å². The van der Waals surface area contributed by atoms with Crippen LogP contribution >= 0.6 is 0 Å². The number of rotatable bonds is 10. The highest BCUT2D eigenvalue weighted by atomic mass is 32.2. The van der Waals surface area contributed by atoms with E-state index in [9.17, 15) is 22.4 Å². The number of Topliss-reactive ketones (excluding diaryl/α,β-unsaturated/α-hetero) is 1. The molecule has 2 aliphatic carbocycles. The van der Waals surface area contributed by atoms with Crippen LogP contribution in [-0.4, -0.2) is 39.1 Å². The van der Waals surface area contributed by atoms with E-state index in [-0.39, 0.29) is 59.1 Å². The molecule has 2 N–H and O–H groups in total.